The summed E-state index contributed by atoms with van der Waals surface area (Å²) in [6.07, 6.45) is 6.48. The van der Waals surface area contributed by atoms with Crippen molar-refractivity contribution in [2.24, 2.45) is 5.92 Å². The molecule has 2 rings (SSSR count). The summed E-state index contributed by atoms with van der Waals surface area (Å²) in [5.41, 5.74) is 0.920. The lowest BCUT2D eigenvalue weighted by Gasteiger charge is -2.32. The van der Waals surface area contributed by atoms with Gasteiger partial charge in [-0.1, -0.05) is 18.4 Å². The first-order chi connectivity index (χ1) is 8.50. The zero-order chi connectivity index (χ0) is 13.3. The standard InChI is InChI=1S/C14H21NO3/c1-9(2)7-13(16)15-11-6-4-3-5-10(11)8-12(15)14(17)18/h7,10-12H,3-6,8H2,1-2H3,(H,17,18)/t10-,11+,12+/m1/s1. The summed E-state index contributed by atoms with van der Waals surface area (Å²) in [4.78, 5) is 25.2. The van der Waals surface area contributed by atoms with Crippen LogP contribution in [0.15, 0.2) is 11.6 Å². The predicted molar refractivity (Wildman–Crippen MR) is 68.1 cm³/mol. The molecule has 1 N–H and O–H groups in total. The number of likely N-dealkylation sites (tertiary alicyclic amines) is 1. The predicted octanol–water partition coefficient (Wildman–Crippen LogP) is 2.20. The number of carbonyl (C=O) groups is 2. The number of aliphatic carboxylic acids is 1. The molecule has 1 amide bonds. The van der Waals surface area contributed by atoms with E-state index in [0.717, 1.165) is 31.3 Å². The van der Waals surface area contributed by atoms with Gasteiger partial charge >= 0.3 is 5.97 Å². The molecule has 100 valence electrons. The monoisotopic (exact) mass is 251 g/mol. The fourth-order valence-electron chi connectivity index (χ4n) is 3.32. The molecule has 1 heterocycles. The molecular weight excluding hydrogens is 230 g/mol. The number of fused-ring (bicyclic) bond motifs is 1. The third-order valence-corrected chi connectivity index (χ3v) is 4.04. The van der Waals surface area contributed by atoms with Gasteiger partial charge in [0.2, 0.25) is 5.91 Å². The Morgan fingerprint density at radius 3 is 2.50 bits per heavy atom. The van der Waals surface area contributed by atoms with Gasteiger partial charge in [-0.05, 0) is 39.0 Å². The second-order valence-corrected chi connectivity index (χ2v) is 5.67. The van der Waals surface area contributed by atoms with E-state index < -0.39 is 12.0 Å². The molecule has 0 aromatic heterocycles. The van der Waals surface area contributed by atoms with Crippen molar-refractivity contribution in [2.45, 2.75) is 58.0 Å². The Bertz CT molecular complexity index is 385. The molecule has 0 aromatic rings. The van der Waals surface area contributed by atoms with E-state index in [1.54, 1.807) is 11.0 Å². The van der Waals surface area contributed by atoms with E-state index in [9.17, 15) is 14.7 Å². The van der Waals surface area contributed by atoms with Gasteiger partial charge in [-0.2, -0.15) is 0 Å². The Labute approximate surface area is 108 Å². The van der Waals surface area contributed by atoms with Crippen LogP contribution in [0.1, 0.15) is 46.0 Å². The maximum atomic E-state index is 12.2. The Morgan fingerprint density at radius 2 is 1.89 bits per heavy atom. The Balaban J connectivity index is 2.24. The number of carboxylic acids is 1. The van der Waals surface area contributed by atoms with Gasteiger partial charge in [0.25, 0.3) is 0 Å². The molecule has 0 aromatic carbocycles. The van der Waals surface area contributed by atoms with E-state index in [4.69, 9.17) is 0 Å². The topological polar surface area (TPSA) is 57.6 Å². The molecule has 2 aliphatic rings. The maximum Gasteiger partial charge on any atom is 0.326 e. The zero-order valence-corrected chi connectivity index (χ0v) is 11.1. The summed E-state index contributed by atoms with van der Waals surface area (Å²) in [5.74, 6) is -0.605. The minimum absolute atomic E-state index is 0.128. The number of amides is 1. The minimum atomic E-state index is -0.861. The maximum absolute atomic E-state index is 12.2. The summed E-state index contributed by atoms with van der Waals surface area (Å²) in [7, 11) is 0. The number of carbonyl (C=O) groups excluding carboxylic acids is 1. The van der Waals surface area contributed by atoms with Crippen molar-refractivity contribution in [3.05, 3.63) is 11.6 Å². The van der Waals surface area contributed by atoms with Gasteiger partial charge in [0.1, 0.15) is 6.04 Å². The first-order valence-corrected chi connectivity index (χ1v) is 6.70. The first-order valence-electron chi connectivity index (χ1n) is 6.70. The van der Waals surface area contributed by atoms with Gasteiger partial charge in [-0.15, -0.1) is 0 Å². The van der Waals surface area contributed by atoms with Crippen LogP contribution < -0.4 is 0 Å². The number of rotatable bonds is 2. The van der Waals surface area contributed by atoms with Crippen molar-refractivity contribution in [1.82, 2.24) is 4.90 Å². The Hall–Kier alpha value is -1.32. The average molecular weight is 251 g/mol. The van der Waals surface area contributed by atoms with Crippen LogP contribution in [0.4, 0.5) is 0 Å². The quantitative estimate of drug-likeness (QED) is 0.765. The van der Waals surface area contributed by atoms with Crippen LogP contribution in [0.3, 0.4) is 0 Å². The smallest absolute Gasteiger partial charge is 0.326 e. The third-order valence-electron chi connectivity index (χ3n) is 4.04. The van der Waals surface area contributed by atoms with Gasteiger partial charge in [-0.3, -0.25) is 4.79 Å². The molecule has 1 saturated carbocycles. The number of allylic oxidation sites excluding steroid dienone is 1. The SMILES string of the molecule is CC(C)=CC(=O)N1[C@H](C(=O)O)C[C@H]2CCCC[C@@H]21. The average Bonchev–Trinajstić information content (AvgIpc) is 2.67. The fourth-order valence-corrected chi connectivity index (χ4v) is 3.32. The molecular formula is C14H21NO3. The molecule has 4 heteroatoms. The van der Waals surface area contributed by atoms with Gasteiger partial charge in [-0.25, -0.2) is 4.79 Å². The van der Waals surface area contributed by atoms with Crippen molar-refractivity contribution in [3.8, 4) is 0 Å². The summed E-state index contributed by atoms with van der Waals surface area (Å²) < 4.78 is 0. The van der Waals surface area contributed by atoms with Crippen molar-refractivity contribution < 1.29 is 14.7 Å². The molecule has 18 heavy (non-hydrogen) atoms. The highest BCUT2D eigenvalue weighted by molar-refractivity contribution is 5.92. The second kappa shape index (κ2) is 5.12. The van der Waals surface area contributed by atoms with Gasteiger partial charge in [0.15, 0.2) is 0 Å². The molecule has 2 fully saturated rings. The van der Waals surface area contributed by atoms with Crippen molar-refractivity contribution in [1.29, 1.82) is 0 Å². The van der Waals surface area contributed by atoms with Crippen molar-refractivity contribution in [3.63, 3.8) is 0 Å². The van der Waals surface area contributed by atoms with Crippen LogP contribution in [0.5, 0.6) is 0 Å². The Kier molecular flexibility index (Phi) is 3.73. The van der Waals surface area contributed by atoms with E-state index in [1.807, 2.05) is 13.8 Å². The molecule has 1 aliphatic carbocycles. The molecule has 0 bridgehead atoms. The summed E-state index contributed by atoms with van der Waals surface area (Å²) in [5, 5.41) is 9.30. The number of nitrogens with zero attached hydrogens (tertiary/aromatic N) is 1. The van der Waals surface area contributed by atoms with Gasteiger partial charge < -0.3 is 10.0 Å². The lowest BCUT2D eigenvalue weighted by atomic mass is 9.85. The molecule has 3 atom stereocenters. The molecule has 1 saturated heterocycles. The summed E-state index contributed by atoms with van der Waals surface area (Å²) in [6, 6.07) is -0.482. The second-order valence-electron chi connectivity index (χ2n) is 5.67. The summed E-state index contributed by atoms with van der Waals surface area (Å²) >= 11 is 0. The number of hydrogen-bond acceptors (Lipinski definition) is 2. The largest absolute Gasteiger partial charge is 0.480 e. The summed E-state index contributed by atoms with van der Waals surface area (Å²) in [6.45, 7) is 3.73. The fraction of sp³-hybridized carbons (Fsp3) is 0.714. The van der Waals surface area contributed by atoms with E-state index in [1.165, 1.54) is 0 Å². The van der Waals surface area contributed by atoms with Gasteiger partial charge in [0.05, 0.1) is 0 Å². The zero-order valence-electron chi connectivity index (χ0n) is 11.1. The van der Waals surface area contributed by atoms with E-state index >= 15 is 0 Å². The van der Waals surface area contributed by atoms with Crippen LogP contribution >= 0.6 is 0 Å². The molecule has 0 radical (unpaired) electrons. The third kappa shape index (κ3) is 2.42. The number of hydrogen-bond donors (Lipinski definition) is 1. The van der Waals surface area contributed by atoms with Crippen LogP contribution in [-0.2, 0) is 9.59 Å². The van der Waals surface area contributed by atoms with E-state index in [-0.39, 0.29) is 11.9 Å². The normalized spacial score (nSPS) is 30.8. The highest BCUT2D eigenvalue weighted by Crippen LogP contribution is 2.39. The van der Waals surface area contributed by atoms with Crippen LogP contribution in [0.25, 0.3) is 0 Å². The minimum Gasteiger partial charge on any atom is -0.480 e. The van der Waals surface area contributed by atoms with Crippen molar-refractivity contribution >= 4 is 11.9 Å². The first kappa shape index (κ1) is 13.1. The van der Waals surface area contributed by atoms with E-state index in [2.05, 4.69) is 0 Å². The molecule has 1 aliphatic heterocycles. The highest BCUT2D eigenvalue weighted by atomic mass is 16.4. The van der Waals surface area contributed by atoms with Crippen molar-refractivity contribution in [2.75, 3.05) is 0 Å². The molecule has 0 unspecified atom stereocenters. The lowest BCUT2D eigenvalue weighted by molar-refractivity contribution is -0.148. The number of carboxylic acid groups (broad SMARTS) is 1. The highest BCUT2D eigenvalue weighted by Gasteiger charge is 2.46. The molecule has 4 nitrogen and oxygen atoms in total. The van der Waals surface area contributed by atoms with Gasteiger partial charge in [0, 0.05) is 12.1 Å². The van der Waals surface area contributed by atoms with Crippen LogP contribution in [0, 0.1) is 5.92 Å². The van der Waals surface area contributed by atoms with Crippen LogP contribution in [0.2, 0.25) is 0 Å². The van der Waals surface area contributed by atoms with E-state index in [0.29, 0.717) is 12.3 Å². The molecule has 0 spiro atoms. The van der Waals surface area contributed by atoms with Crippen LogP contribution in [-0.4, -0.2) is 34.0 Å². The lowest BCUT2D eigenvalue weighted by Crippen LogP contribution is -2.45. The Morgan fingerprint density at radius 1 is 1.22 bits per heavy atom.